The number of ketones is 1. The maximum Gasteiger partial charge on any atom is 0.332 e. The van der Waals surface area contributed by atoms with Crippen molar-refractivity contribution >= 4 is 23.3 Å². The average molecular weight is 231 g/mol. The van der Waals surface area contributed by atoms with Crippen molar-refractivity contribution in [2.75, 3.05) is 11.4 Å². The molecule has 0 saturated carbocycles. The molecule has 1 aliphatic rings. The number of benzene rings is 1. The van der Waals surface area contributed by atoms with Crippen LogP contribution in [-0.4, -0.2) is 29.3 Å². The number of hydrogen-bond donors (Lipinski definition) is 1. The minimum Gasteiger partial charge on any atom is -0.478 e. The SMILES string of the molecule is C=C(CN1C(=O)C(=O)c2ccccc21)C(=O)O. The quantitative estimate of drug-likeness (QED) is 0.618. The fourth-order valence-corrected chi connectivity index (χ4v) is 1.66. The molecule has 0 aromatic heterocycles. The van der Waals surface area contributed by atoms with Crippen LogP contribution in [0.3, 0.4) is 0 Å². The van der Waals surface area contributed by atoms with E-state index >= 15 is 0 Å². The van der Waals surface area contributed by atoms with Crippen LogP contribution >= 0.6 is 0 Å². The van der Waals surface area contributed by atoms with Gasteiger partial charge >= 0.3 is 5.97 Å². The summed E-state index contributed by atoms with van der Waals surface area (Å²) in [4.78, 5) is 35.1. The van der Waals surface area contributed by atoms with Gasteiger partial charge in [0.1, 0.15) is 0 Å². The summed E-state index contributed by atoms with van der Waals surface area (Å²) in [6.07, 6.45) is 0. The molecular formula is C12H9NO4. The van der Waals surface area contributed by atoms with Crippen molar-refractivity contribution < 1.29 is 19.5 Å². The zero-order valence-corrected chi connectivity index (χ0v) is 8.84. The van der Waals surface area contributed by atoms with Gasteiger partial charge in [0.25, 0.3) is 11.7 Å². The fourth-order valence-electron chi connectivity index (χ4n) is 1.66. The maximum atomic E-state index is 11.7. The molecular weight excluding hydrogens is 222 g/mol. The summed E-state index contributed by atoms with van der Waals surface area (Å²) >= 11 is 0. The van der Waals surface area contributed by atoms with Crippen molar-refractivity contribution in [3.8, 4) is 0 Å². The number of nitrogens with zero attached hydrogens (tertiary/aromatic N) is 1. The Morgan fingerprint density at radius 3 is 2.59 bits per heavy atom. The summed E-state index contributed by atoms with van der Waals surface area (Å²) < 4.78 is 0. The van der Waals surface area contributed by atoms with E-state index in [-0.39, 0.29) is 12.1 Å². The fraction of sp³-hybridized carbons (Fsp3) is 0.0833. The second-order valence-electron chi connectivity index (χ2n) is 3.65. The van der Waals surface area contributed by atoms with Gasteiger partial charge in [0, 0.05) is 5.57 Å². The Bertz CT molecular complexity index is 547. The van der Waals surface area contributed by atoms with E-state index in [0.29, 0.717) is 11.3 Å². The third kappa shape index (κ3) is 1.71. The van der Waals surface area contributed by atoms with Crippen LogP contribution in [0.5, 0.6) is 0 Å². The average Bonchev–Trinajstić information content (AvgIpc) is 2.55. The summed E-state index contributed by atoms with van der Waals surface area (Å²) in [6, 6.07) is 6.48. The number of fused-ring (bicyclic) bond motifs is 1. The summed E-state index contributed by atoms with van der Waals surface area (Å²) in [5, 5.41) is 8.72. The molecule has 1 amide bonds. The second-order valence-corrected chi connectivity index (χ2v) is 3.65. The van der Waals surface area contributed by atoms with Gasteiger partial charge in [0.2, 0.25) is 0 Å². The molecule has 5 nitrogen and oxygen atoms in total. The third-order valence-electron chi connectivity index (χ3n) is 2.53. The van der Waals surface area contributed by atoms with Gasteiger partial charge in [-0.3, -0.25) is 9.59 Å². The Labute approximate surface area is 97.0 Å². The Hall–Kier alpha value is -2.43. The molecule has 0 aliphatic carbocycles. The number of para-hydroxylation sites is 1. The largest absolute Gasteiger partial charge is 0.478 e. The molecule has 1 heterocycles. The van der Waals surface area contributed by atoms with Gasteiger partial charge < -0.3 is 10.0 Å². The zero-order valence-electron chi connectivity index (χ0n) is 8.84. The van der Waals surface area contributed by atoms with Gasteiger partial charge in [-0.1, -0.05) is 18.7 Å². The van der Waals surface area contributed by atoms with Crippen LogP contribution in [0.4, 0.5) is 5.69 Å². The van der Waals surface area contributed by atoms with Crippen LogP contribution in [0, 0.1) is 0 Å². The second kappa shape index (κ2) is 3.86. The Balaban J connectivity index is 2.37. The highest BCUT2D eigenvalue weighted by molar-refractivity contribution is 6.52. The molecule has 0 saturated heterocycles. The normalized spacial score (nSPS) is 13.8. The molecule has 0 atom stereocenters. The molecule has 0 spiro atoms. The number of amides is 1. The van der Waals surface area contributed by atoms with Crippen molar-refractivity contribution in [2.45, 2.75) is 0 Å². The van der Waals surface area contributed by atoms with Crippen LogP contribution in [0.1, 0.15) is 10.4 Å². The van der Waals surface area contributed by atoms with E-state index in [1.165, 1.54) is 0 Å². The van der Waals surface area contributed by atoms with E-state index in [4.69, 9.17) is 5.11 Å². The first-order valence-electron chi connectivity index (χ1n) is 4.88. The van der Waals surface area contributed by atoms with E-state index in [9.17, 15) is 14.4 Å². The Morgan fingerprint density at radius 2 is 1.94 bits per heavy atom. The van der Waals surface area contributed by atoms with Crippen LogP contribution in [0.2, 0.25) is 0 Å². The summed E-state index contributed by atoms with van der Waals surface area (Å²) in [5.74, 6) is -2.51. The smallest absolute Gasteiger partial charge is 0.332 e. The Kier molecular flexibility index (Phi) is 2.51. The van der Waals surface area contributed by atoms with Gasteiger partial charge in [-0.25, -0.2) is 4.79 Å². The lowest BCUT2D eigenvalue weighted by molar-refractivity contribution is -0.132. The molecule has 17 heavy (non-hydrogen) atoms. The van der Waals surface area contributed by atoms with Crippen molar-refractivity contribution in [1.29, 1.82) is 0 Å². The van der Waals surface area contributed by atoms with Crippen LogP contribution in [0.25, 0.3) is 0 Å². The predicted molar refractivity (Wildman–Crippen MR) is 59.9 cm³/mol. The highest BCUT2D eigenvalue weighted by Gasteiger charge is 2.35. The topological polar surface area (TPSA) is 74.7 Å². The minimum atomic E-state index is -1.19. The number of anilines is 1. The summed E-state index contributed by atoms with van der Waals surface area (Å²) in [7, 11) is 0. The number of Topliss-reactive ketones (excluding diaryl/α,β-unsaturated/α-hetero) is 1. The van der Waals surface area contributed by atoms with Crippen LogP contribution in [0.15, 0.2) is 36.4 Å². The van der Waals surface area contributed by atoms with Crippen molar-refractivity contribution in [3.05, 3.63) is 42.0 Å². The third-order valence-corrected chi connectivity index (χ3v) is 2.53. The van der Waals surface area contributed by atoms with E-state index in [2.05, 4.69) is 6.58 Å². The first kappa shape index (κ1) is 11.1. The molecule has 0 fully saturated rings. The number of carbonyl (C=O) groups is 3. The molecule has 5 heteroatoms. The molecule has 2 rings (SSSR count). The number of carboxylic acid groups (broad SMARTS) is 1. The standard InChI is InChI=1S/C12H9NO4/c1-7(12(16)17)6-13-9-5-3-2-4-8(9)10(14)11(13)15/h2-5H,1,6H2,(H,16,17). The number of carbonyl (C=O) groups excluding carboxylic acids is 2. The lowest BCUT2D eigenvalue weighted by Gasteiger charge is -2.15. The first-order chi connectivity index (χ1) is 8.02. The summed E-state index contributed by atoms with van der Waals surface area (Å²) in [6.45, 7) is 3.16. The van der Waals surface area contributed by atoms with Gasteiger partial charge in [0.15, 0.2) is 0 Å². The van der Waals surface area contributed by atoms with E-state index in [1.807, 2.05) is 0 Å². The number of aliphatic carboxylic acids is 1. The number of rotatable bonds is 3. The van der Waals surface area contributed by atoms with E-state index in [0.717, 1.165) is 4.90 Å². The van der Waals surface area contributed by atoms with E-state index < -0.39 is 17.7 Å². The minimum absolute atomic E-state index is 0.136. The first-order valence-corrected chi connectivity index (χ1v) is 4.88. The zero-order chi connectivity index (χ0) is 12.6. The van der Waals surface area contributed by atoms with Gasteiger partial charge in [0.05, 0.1) is 17.8 Å². The van der Waals surface area contributed by atoms with Crippen molar-refractivity contribution in [1.82, 2.24) is 0 Å². The lowest BCUT2D eigenvalue weighted by Crippen LogP contribution is -2.32. The summed E-state index contributed by atoms with van der Waals surface area (Å²) in [5.41, 5.74) is 0.600. The molecule has 0 radical (unpaired) electrons. The highest BCUT2D eigenvalue weighted by atomic mass is 16.4. The molecule has 0 unspecified atom stereocenters. The molecule has 0 bridgehead atoms. The van der Waals surface area contributed by atoms with Gasteiger partial charge in [-0.2, -0.15) is 0 Å². The molecule has 1 aromatic rings. The molecule has 1 N–H and O–H groups in total. The van der Waals surface area contributed by atoms with Crippen molar-refractivity contribution in [3.63, 3.8) is 0 Å². The molecule has 86 valence electrons. The van der Waals surface area contributed by atoms with Gasteiger partial charge in [-0.05, 0) is 12.1 Å². The monoisotopic (exact) mass is 231 g/mol. The van der Waals surface area contributed by atoms with Crippen molar-refractivity contribution in [2.24, 2.45) is 0 Å². The van der Waals surface area contributed by atoms with Crippen LogP contribution < -0.4 is 4.90 Å². The van der Waals surface area contributed by atoms with E-state index in [1.54, 1.807) is 24.3 Å². The Morgan fingerprint density at radius 1 is 1.29 bits per heavy atom. The number of hydrogen-bond acceptors (Lipinski definition) is 3. The van der Waals surface area contributed by atoms with Crippen LogP contribution in [-0.2, 0) is 9.59 Å². The lowest BCUT2D eigenvalue weighted by atomic mass is 10.1. The maximum absolute atomic E-state index is 11.7. The highest BCUT2D eigenvalue weighted by Crippen LogP contribution is 2.28. The molecule has 1 aliphatic heterocycles. The predicted octanol–water partition coefficient (Wildman–Crippen LogP) is 0.857. The van der Waals surface area contributed by atoms with Gasteiger partial charge in [-0.15, -0.1) is 0 Å². The molecule has 1 aromatic carbocycles. The number of carboxylic acids is 1.